The van der Waals surface area contributed by atoms with Crippen molar-refractivity contribution in [2.45, 2.75) is 19.4 Å². The van der Waals surface area contributed by atoms with E-state index < -0.39 is 0 Å². The van der Waals surface area contributed by atoms with Crippen molar-refractivity contribution < 1.29 is 0 Å². The number of rotatable bonds is 3. The van der Waals surface area contributed by atoms with Gasteiger partial charge in [0.15, 0.2) is 0 Å². The van der Waals surface area contributed by atoms with Crippen LogP contribution >= 0.6 is 0 Å². The predicted molar refractivity (Wildman–Crippen MR) is 52.6 cm³/mol. The minimum absolute atomic E-state index is 0.158. The highest BCUT2D eigenvalue weighted by Crippen LogP contribution is 2.13. The Hall–Kier alpha value is -1.51. The van der Waals surface area contributed by atoms with Crippen LogP contribution in [0.15, 0.2) is 29.4 Å². The zero-order valence-corrected chi connectivity index (χ0v) is 7.51. The van der Waals surface area contributed by atoms with Gasteiger partial charge in [0.1, 0.15) is 0 Å². The Morgan fingerprint density at radius 3 is 2.54 bits per heavy atom. The van der Waals surface area contributed by atoms with Crippen molar-refractivity contribution in [3.8, 4) is 0 Å². The van der Waals surface area contributed by atoms with Crippen LogP contribution < -0.4 is 5.73 Å². The highest BCUT2D eigenvalue weighted by Gasteiger charge is 1.96. The number of hydrogen-bond donors (Lipinski definition) is 1. The number of azide groups is 1. The molecule has 13 heavy (non-hydrogen) atoms. The quantitative estimate of drug-likeness (QED) is 0.429. The third kappa shape index (κ3) is 3.15. The van der Waals surface area contributed by atoms with Crippen molar-refractivity contribution in [2.75, 3.05) is 0 Å². The number of nitrogens with two attached hydrogens (primary N) is 1. The second kappa shape index (κ2) is 4.50. The van der Waals surface area contributed by atoms with Crippen LogP contribution in [0, 0.1) is 0 Å². The Kier molecular flexibility index (Phi) is 3.31. The lowest BCUT2D eigenvalue weighted by Crippen LogP contribution is -2.17. The SMILES string of the molecule is CC(N)Cc1ccc(N=[N+]=[N-])cc1. The van der Waals surface area contributed by atoms with Gasteiger partial charge in [0, 0.05) is 16.6 Å². The average molecular weight is 176 g/mol. The molecule has 0 aliphatic carbocycles. The van der Waals surface area contributed by atoms with Crippen molar-refractivity contribution >= 4 is 5.69 Å². The van der Waals surface area contributed by atoms with Crippen molar-refractivity contribution in [1.82, 2.24) is 0 Å². The van der Waals surface area contributed by atoms with E-state index >= 15 is 0 Å². The minimum Gasteiger partial charge on any atom is -0.328 e. The van der Waals surface area contributed by atoms with E-state index in [0.29, 0.717) is 5.69 Å². The lowest BCUT2D eigenvalue weighted by molar-refractivity contribution is 0.738. The standard InChI is InChI=1S/C9H12N4/c1-7(10)6-8-2-4-9(5-3-8)12-13-11/h2-5,7H,6,10H2,1H3. The van der Waals surface area contributed by atoms with E-state index in [1.54, 1.807) is 12.1 Å². The summed E-state index contributed by atoms with van der Waals surface area (Å²) in [5.74, 6) is 0. The smallest absolute Gasteiger partial charge is 0.0375 e. The van der Waals surface area contributed by atoms with E-state index in [1.165, 1.54) is 0 Å². The molecule has 0 amide bonds. The molecule has 2 N–H and O–H groups in total. The van der Waals surface area contributed by atoms with Gasteiger partial charge in [-0.25, -0.2) is 0 Å². The first-order chi connectivity index (χ1) is 6.22. The fraction of sp³-hybridized carbons (Fsp3) is 0.333. The van der Waals surface area contributed by atoms with E-state index in [9.17, 15) is 0 Å². The fourth-order valence-electron chi connectivity index (χ4n) is 1.12. The summed E-state index contributed by atoms with van der Waals surface area (Å²) in [7, 11) is 0. The molecule has 0 saturated heterocycles. The van der Waals surface area contributed by atoms with E-state index in [4.69, 9.17) is 11.3 Å². The van der Waals surface area contributed by atoms with Gasteiger partial charge in [-0.3, -0.25) is 0 Å². The highest BCUT2D eigenvalue weighted by molar-refractivity contribution is 5.38. The van der Waals surface area contributed by atoms with Crippen LogP contribution in [-0.2, 0) is 6.42 Å². The molecule has 0 radical (unpaired) electrons. The summed E-state index contributed by atoms with van der Waals surface area (Å²) in [5.41, 5.74) is 15.6. The van der Waals surface area contributed by atoms with Crippen molar-refractivity contribution in [3.05, 3.63) is 40.3 Å². The normalized spacial score (nSPS) is 11.8. The third-order valence-corrected chi connectivity index (χ3v) is 1.65. The molecule has 0 spiro atoms. The summed E-state index contributed by atoms with van der Waals surface area (Å²) in [6.45, 7) is 1.96. The summed E-state index contributed by atoms with van der Waals surface area (Å²) in [4.78, 5) is 2.70. The molecule has 0 aliphatic heterocycles. The Morgan fingerprint density at radius 1 is 1.46 bits per heavy atom. The van der Waals surface area contributed by atoms with E-state index in [0.717, 1.165) is 12.0 Å². The molecule has 1 aromatic rings. The van der Waals surface area contributed by atoms with Gasteiger partial charge in [-0.2, -0.15) is 0 Å². The molecule has 0 bridgehead atoms. The van der Waals surface area contributed by atoms with Gasteiger partial charge < -0.3 is 5.73 Å². The van der Waals surface area contributed by atoms with Crippen LogP contribution in [0.4, 0.5) is 5.69 Å². The Bertz CT molecular complexity index is 309. The molecule has 68 valence electrons. The molecular formula is C9H12N4. The molecule has 4 heteroatoms. The van der Waals surface area contributed by atoms with Crippen LogP contribution in [0.3, 0.4) is 0 Å². The lowest BCUT2D eigenvalue weighted by Gasteiger charge is -2.04. The van der Waals surface area contributed by atoms with Crippen LogP contribution in [0.1, 0.15) is 12.5 Å². The van der Waals surface area contributed by atoms with Gasteiger partial charge in [-0.05, 0) is 24.4 Å². The van der Waals surface area contributed by atoms with Gasteiger partial charge in [-0.1, -0.05) is 29.4 Å². The first-order valence-corrected chi connectivity index (χ1v) is 4.12. The van der Waals surface area contributed by atoms with Crippen LogP contribution in [0.2, 0.25) is 0 Å². The van der Waals surface area contributed by atoms with Gasteiger partial charge >= 0.3 is 0 Å². The van der Waals surface area contributed by atoms with Gasteiger partial charge in [0.05, 0.1) is 0 Å². The summed E-state index contributed by atoms with van der Waals surface area (Å²) in [5, 5.41) is 3.48. The minimum atomic E-state index is 0.158. The van der Waals surface area contributed by atoms with Crippen molar-refractivity contribution in [2.24, 2.45) is 10.8 Å². The summed E-state index contributed by atoms with van der Waals surface area (Å²) < 4.78 is 0. The van der Waals surface area contributed by atoms with Crippen LogP contribution in [0.25, 0.3) is 10.4 Å². The summed E-state index contributed by atoms with van der Waals surface area (Å²) >= 11 is 0. The zero-order valence-electron chi connectivity index (χ0n) is 7.51. The molecule has 1 rings (SSSR count). The first kappa shape index (κ1) is 9.58. The maximum Gasteiger partial charge on any atom is 0.0375 e. The second-order valence-electron chi connectivity index (χ2n) is 3.04. The van der Waals surface area contributed by atoms with Gasteiger partial charge in [-0.15, -0.1) is 0 Å². The Balaban J connectivity index is 2.75. The predicted octanol–water partition coefficient (Wildman–Crippen LogP) is 2.52. The molecule has 0 aliphatic rings. The number of benzene rings is 1. The Labute approximate surface area is 77.0 Å². The number of nitrogens with zero attached hydrogens (tertiary/aromatic N) is 3. The molecule has 0 saturated carbocycles. The van der Waals surface area contributed by atoms with Gasteiger partial charge in [0.2, 0.25) is 0 Å². The first-order valence-electron chi connectivity index (χ1n) is 4.12. The monoisotopic (exact) mass is 176 g/mol. The maximum absolute atomic E-state index is 8.17. The highest BCUT2D eigenvalue weighted by atomic mass is 15.1. The average Bonchev–Trinajstić information content (AvgIpc) is 2.08. The van der Waals surface area contributed by atoms with Gasteiger partial charge in [0.25, 0.3) is 0 Å². The van der Waals surface area contributed by atoms with E-state index in [1.807, 2.05) is 19.1 Å². The molecule has 1 atom stereocenters. The lowest BCUT2D eigenvalue weighted by atomic mass is 10.1. The second-order valence-corrected chi connectivity index (χ2v) is 3.04. The van der Waals surface area contributed by atoms with Crippen molar-refractivity contribution in [1.29, 1.82) is 0 Å². The fourth-order valence-corrected chi connectivity index (χ4v) is 1.12. The molecule has 1 aromatic carbocycles. The van der Waals surface area contributed by atoms with Crippen LogP contribution in [-0.4, -0.2) is 6.04 Å². The Morgan fingerprint density at radius 2 is 2.08 bits per heavy atom. The van der Waals surface area contributed by atoms with E-state index in [2.05, 4.69) is 10.0 Å². The van der Waals surface area contributed by atoms with E-state index in [-0.39, 0.29) is 6.04 Å². The number of hydrogen-bond acceptors (Lipinski definition) is 2. The molecule has 0 heterocycles. The molecule has 1 unspecified atom stereocenters. The largest absolute Gasteiger partial charge is 0.328 e. The summed E-state index contributed by atoms with van der Waals surface area (Å²) in [6, 6.07) is 7.58. The third-order valence-electron chi connectivity index (χ3n) is 1.65. The molecule has 0 aromatic heterocycles. The molecular weight excluding hydrogens is 164 g/mol. The summed E-state index contributed by atoms with van der Waals surface area (Å²) in [6.07, 6.45) is 0.844. The molecule has 0 fully saturated rings. The zero-order chi connectivity index (χ0) is 9.68. The van der Waals surface area contributed by atoms with Crippen molar-refractivity contribution in [3.63, 3.8) is 0 Å². The molecule has 4 nitrogen and oxygen atoms in total. The topological polar surface area (TPSA) is 74.8 Å². The maximum atomic E-state index is 8.17. The van der Waals surface area contributed by atoms with Crippen LogP contribution in [0.5, 0.6) is 0 Å².